The van der Waals surface area contributed by atoms with Gasteiger partial charge in [0.25, 0.3) is 0 Å². The van der Waals surface area contributed by atoms with Gasteiger partial charge in [-0.3, -0.25) is 0 Å². The molecule has 0 N–H and O–H groups in total. The second-order valence-electron chi connectivity index (χ2n) is 14.7. The van der Waals surface area contributed by atoms with Crippen LogP contribution in [0.1, 0.15) is 144 Å². The van der Waals surface area contributed by atoms with Crippen molar-refractivity contribution in [2.45, 2.75) is 146 Å². The van der Waals surface area contributed by atoms with Crippen LogP contribution in [0.15, 0.2) is 106 Å². The Morgan fingerprint density at radius 1 is 0.460 bits per heavy atom. The van der Waals surface area contributed by atoms with E-state index in [0.29, 0.717) is 0 Å². The maximum atomic E-state index is 5.91. The molecule has 274 valence electrons. The predicted molar refractivity (Wildman–Crippen MR) is 223 cm³/mol. The zero-order chi connectivity index (χ0) is 36.9. The summed E-state index contributed by atoms with van der Waals surface area (Å²) in [6.45, 7) is 20.2. The van der Waals surface area contributed by atoms with Gasteiger partial charge in [0.2, 0.25) is 0 Å². The average molecular weight is 679 g/mol. The highest BCUT2D eigenvalue weighted by Crippen LogP contribution is 2.40. The number of ether oxygens (including phenoxy) is 2. The van der Waals surface area contributed by atoms with Gasteiger partial charge in [-0.15, -0.1) is 0 Å². The number of rotatable bonds is 22. The van der Waals surface area contributed by atoms with Crippen LogP contribution in [0.4, 0.5) is 0 Å². The van der Waals surface area contributed by atoms with Crippen LogP contribution >= 0.6 is 0 Å². The van der Waals surface area contributed by atoms with Crippen LogP contribution in [0.25, 0.3) is 10.8 Å². The van der Waals surface area contributed by atoms with Crippen LogP contribution < -0.4 is 9.47 Å². The lowest BCUT2D eigenvalue weighted by molar-refractivity contribution is 0.404. The van der Waals surface area contributed by atoms with Crippen molar-refractivity contribution in [1.29, 1.82) is 0 Å². The van der Waals surface area contributed by atoms with Crippen LogP contribution in [0.5, 0.6) is 11.5 Å². The summed E-state index contributed by atoms with van der Waals surface area (Å²) < 4.78 is 11.7. The van der Waals surface area contributed by atoms with E-state index in [4.69, 9.17) is 9.47 Å². The first kappa shape index (κ1) is 42.6. The van der Waals surface area contributed by atoms with E-state index in [0.717, 1.165) is 85.6 Å². The Hall–Kier alpha value is -3.52. The quantitative estimate of drug-likeness (QED) is 0.115. The fourth-order valence-corrected chi connectivity index (χ4v) is 6.50. The maximum absolute atomic E-state index is 5.91. The lowest BCUT2D eigenvalue weighted by Gasteiger charge is -2.18. The van der Waals surface area contributed by atoms with Gasteiger partial charge in [-0.25, -0.2) is 0 Å². The summed E-state index contributed by atoms with van der Waals surface area (Å²) in [4.78, 5) is 0. The van der Waals surface area contributed by atoms with Gasteiger partial charge in [0.1, 0.15) is 11.5 Å². The first-order chi connectivity index (χ1) is 24.0. The molecule has 0 bridgehead atoms. The molecule has 2 rings (SSSR count). The molecular weight excluding hydrogens is 609 g/mol. The lowest BCUT2D eigenvalue weighted by Crippen LogP contribution is -2.00. The Morgan fingerprint density at radius 2 is 0.780 bits per heavy atom. The van der Waals surface area contributed by atoms with Crippen molar-refractivity contribution in [3.63, 3.8) is 0 Å². The van der Waals surface area contributed by atoms with Crippen molar-refractivity contribution in [1.82, 2.24) is 0 Å². The zero-order valence-corrected chi connectivity index (χ0v) is 33.9. The second-order valence-corrected chi connectivity index (χ2v) is 14.7. The van der Waals surface area contributed by atoms with Gasteiger partial charge in [0.15, 0.2) is 0 Å². The van der Waals surface area contributed by atoms with E-state index in [1.807, 2.05) is 0 Å². The lowest BCUT2D eigenvalue weighted by atomic mass is 9.95. The van der Waals surface area contributed by atoms with Crippen molar-refractivity contribution in [2.75, 3.05) is 14.2 Å². The second kappa shape index (κ2) is 23.8. The molecule has 0 radical (unpaired) electrons. The fraction of sp³-hybridized carbons (Fsp3) is 0.500. The van der Waals surface area contributed by atoms with Gasteiger partial charge in [0.05, 0.1) is 14.2 Å². The number of hydrogen-bond donors (Lipinski definition) is 0. The van der Waals surface area contributed by atoms with E-state index in [1.165, 1.54) is 70.3 Å². The minimum absolute atomic E-state index is 0.843. The number of benzene rings is 2. The van der Waals surface area contributed by atoms with E-state index in [1.54, 1.807) is 14.2 Å². The van der Waals surface area contributed by atoms with Gasteiger partial charge in [-0.2, -0.15) is 0 Å². The first-order valence-electron chi connectivity index (χ1n) is 19.2. The molecule has 0 aliphatic rings. The van der Waals surface area contributed by atoms with Crippen molar-refractivity contribution < 1.29 is 9.47 Å². The fourth-order valence-electron chi connectivity index (χ4n) is 6.50. The summed E-state index contributed by atoms with van der Waals surface area (Å²) in [5, 5.41) is 2.21. The Labute approximate surface area is 307 Å². The molecule has 0 heterocycles. The van der Waals surface area contributed by atoms with Crippen molar-refractivity contribution in [3.05, 3.63) is 117 Å². The average Bonchev–Trinajstić information content (AvgIpc) is 3.07. The zero-order valence-electron chi connectivity index (χ0n) is 33.9. The van der Waals surface area contributed by atoms with Crippen LogP contribution in [0.2, 0.25) is 0 Å². The number of fused-ring (bicyclic) bond motifs is 1. The largest absolute Gasteiger partial charge is 0.496 e. The molecule has 0 saturated carbocycles. The van der Waals surface area contributed by atoms with Crippen molar-refractivity contribution in [3.8, 4) is 11.5 Å². The highest BCUT2D eigenvalue weighted by atomic mass is 16.5. The topological polar surface area (TPSA) is 18.5 Å². The van der Waals surface area contributed by atoms with Gasteiger partial charge < -0.3 is 9.47 Å². The summed E-state index contributed by atoms with van der Waals surface area (Å²) in [7, 11) is 3.53. The Morgan fingerprint density at radius 3 is 1.12 bits per heavy atom. The summed E-state index contributed by atoms with van der Waals surface area (Å²) in [5.41, 5.74) is 12.8. The Balaban J connectivity index is 1.72. The van der Waals surface area contributed by atoms with Crippen LogP contribution in [0, 0.1) is 6.92 Å². The Bertz CT molecular complexity index is 1560. The van der Waals surface area contributed by atoms with Crippen LogP contribution in [0.3, 0.4) is 0 Å². The molecule has 0 fully saturated rings. The third-order valence-corrected chi connectivity index (χ3v) is 9.80. The summed E-state index contributed by atoms with van der Waals surface area (Å²) in [5.74, 6) is 1.91. The predicted octanol–water partition coefficient (Wildman–Crippen LogP) is 15.0. The molecule has 2 nitrogen and oxygen atoms in total. The van der Waals surface area contributed by atoms with E-state index in [-0.39, 0.29) is 0 Å². The summed E-state index contributed by atoms with van der Waals surface area (Å²) >= 11 is 0. The third kappa shape index (κ3) is 16.0. The summed E-state index contributed by atoms with van der Waals surface area (Å²) in [6, 6.07) is 8.35. The minimum Gasteiger partial charge on any atom is -0.496 e. The molecule has 0 aliphatic carbocycles. The standard InChI is InChI=1S/C48H70O2/c1-36(2)20-14-21-37(3)22-15-23-38(4)24-16-25-39(5)26-17-27-40(6)28-18-29-41(7)30-19-31-42(8)34-35-44-43(9)47(49-10)45-32-12-13-33-46(45)48(44)50-11/h12-13,20,22,24,26,28,30,32-34H,14-19,21,23,25,27,29,31,35H2,1-11H3. The molecule has 0 unspecified atom stereocenters. The molecule has 2 aromatic rings. The number of allylic oxidation sites excluding steroid dienone is 14. The maximum Gasteiger partial charge on any atom is 0.130 e. The van der Waals surface area contributed by atoms with Crippen molar-refractivity contribution >= 4 is 10.8 Å². The SMILES string of the molecule is COc1c(C)c(CC=C(C)CCC=C(C)CCC=C(C)CCC=C(C)CCC=C(C)CCC=C(C)CCC=C(C)C)c(OC)c2ccccc12. The van der Waals surface area contributed by atoms with Crippen LogP contribution in [-0.2, 0) is 6.42 Å². The molecular formula is C48H70O2. The van der Waals surface area contributed by atoms with E-state index < -0.39 is 0 Å². The molecule has 0 spiro atoms. The van der Waals surface area contributed by atoms with E-state index in [2.05, 4.69) is 129 Å². The molecule has 0 amide bonds. The van der Waals surface area contributed by atoms with Crippen LogP contribution in [-0.4, -0.2) is 14.2 Å². The number of hydrogen-bond acceptors (Lipinski definition) is 2. The highest BCUT2D eigenvalue weighted by molar-refractivity contribution is 5.96. The van der Waals surface area contributed by atoms with Crippen molar-refractivity contribution in [2.24, 2.45) is 0 Å². The first-order valence-corrected chi connectivity index (χ1v) is 19.2. The smallest absolute Gasteiger partial charge is 0.130 e. The van der Waals surface area contributed by atoms with Gasteiger partial charge in [-0.1, -0.05) is 106 Å². The molecule has 2 aromatic carbocycles. The van der Waals surface area contributed by atoms with E-state index in [9.17, 15) is 0 Å². The monoisotopic (exact) mass is 679 g/mol. The molecule has 0 aromatic heterocycles. The van der Waals surface area contributed by atoms with Gasteiger partial charge >= 0.3 is 0 Å². The molecule has 50 heavy (non-hydrogen) atoms. The van der Waals surface area contributed by atoms with Gasteiger partial charge in [0, 0.05) is 16.3 Å². The molecule has 0 aliphatic heterocycles. The highest BCUT2D eigenvalue weighted by Gasteiger charge is 2.17. The van der Waals surface area contributed by atoms with E-state index >= 15 is 0 Å². The third-order valence-electron chi connectivity index (χ3n) is 9.80. The van der Waals surface area contributed by atoms with Gasteiger partial charge in [-0.05, 0) is 151 Å². The number of methoxy groups -OCH3 is 2. The molecule has 2 heteroatoms. The Kier molecular flexibility index (Phi) is 20.3. The molecule has 0 saturated heterocycles. The molecule has 0 atom stereocenters. The minimum atomic E-state index is 0.843. The summed E-state index contributed by atoms with van der Waals surface area (Å²) in [6.07, 6.45) is 31.5. The normalized spacial score (nSPS) is 13.7.